The van der Waals surface area contributed by atoms with Crippen molar-refractivity contribution in [1.29, 1.82) is 0 Å². The molecule has 0 saturated carbocycles. The zero-order valence-electron chi connectivity index (χ0n) is 9.28. The van der Waals surface area contributed by atoms with E-state index >= 15 is 0 Å². The van der Waals surface area contributed by atoms with Crippen LogP contribution < -0.4 is 0 Å². The number of alkyl halides is 3. The van der Waals surface area contributed by atoms with Crippen molar-refractivity contribution in [2.45, 2.75) is 37.6 Å². The van der Waals surface area contributed by atoms with Gasteiger partial charge in [-0.05, 0) is 25.5 Å². The average Bonchev–Trinajstić information content (AvgIpc) is 2.26. The molecule has 0 bridgehead atoms. The van der Waals surface area contributed by atoms with Crippen LogP contribution in [0.25, 0.3) is 0 Å². The fourth-order valence-electron chi connectivity index (χ4n) is 1.41. The first-order chi connectivity index (χ1) is 7.73. The van der Waals surface area contributed by atoms with E-state index in [1.54, 1.807) is 12.1 Å². The summed E-state index contributed by atoms with van der Waals surface area (Å²) in [5, 5.41) is 19.6. The molecule has 0 aliphatic carbocycles. The third kappa shape index (κ3) is 3.98. The Morgan fingerprint density at radius 2 is 2.00 bits per heavy atom. The largest absolute Gasteiger partial charge is 0.390 e. The van der Waals surface area contributed by atoms with Gasteiger partial charge in [0, 0.05) is 12.6 Å². The fraction of sp³-hybridized carbons (Fsp3) is 0.545. The van der Waals surface area contributed by atoms with Crippen LogP contribution in [0.2, 0.25) is 0 Å². The third-order valence-electron chi connectivity index (χ3n) is 2.53. The van der Waals surface area contributed by atoms with Crippen LogP contribution in [0.15, 0.2) is 24.4 Å². The maximum Gasteiger partial charge on any atom is 0.389 e. The minimum atomic E-state index is -4.35. The molecule has 96 valence electrons. The highest BCUT2D eigenvalue weighted by Gasteiger charge is 2.37. The summed E-state index contributed by atoms with van der Waals surface area (Å²) >= 11 is 0. The minimum Gasteiger partial charge on any atom is -0.390 e. The summed E-state index contributed by atoms with van der Waals surface area (Å²) in [5.41, 5.74) is -1.64. The number of rotatable bonds is 4. The van der Waals surface area contributed by atoms with Gasteiger partial charge in [-0.3, -0.25) is 4.98 Å². The predicted octanol–water partition coefficient (Wildman–Crippen LogP) is 1.99. The summed E-state index contributed by atoms with van der Waals surface area (Å²) in [4.78, 5) is 3.82. The zero-order valence-corrected chi connectivity index (χ0v) is 9.28. The number of hydrogen-bond acceptors (Lipinski definition) is 3. The molecule has 1 aromatic heterocycles. The van der Waals surface area contributed by atoms with Gasteiger partial charge in [0.05, 0.1) is 11.8 Å². The number of halogens is 3. The number of pyridine rings is 1. The average molecular weight is 249 g/mol. The molecule has 2 atom stereocenters. The van der Waals surface area contributed by atoms with Crippen molar-refractivity contribution < 1.29 is 23.4 Å². The second-order valence-electron chi connectivity index (χ2n) is 4.03. The molecule has 6 heteroatoms. The quantitative estimate of drug-likeness (QED) is 0.858. The van der Waals surface area contributed by atoms with E-state index < -0.39 is 30.7 Å². The molecule has 0 unspecified atom stereocenters. The summed E-state index contributed by atoms with van der Waals surface area (Å²) in [6.45, 7) is 1.25. The summed E-state index contributed by atoms with van der Waals surface area (Å²) in [5.74, 6) is 0. The number of aliphatic hydroxyl groups excluding tert-OH is 1. The molecule has 0 fully saturated rings. The molecule has 1 aromatic rings. The fourth-order valence-corrected chi connectivity index (χ4v) is 1.41. The molecular weight excluding hydrogens is 235 g/mol. The van der Waals surface area contributed by atoms with Crippen molar-refractivity contribution in [3.63, 3.8) is 0 Å². The Morgan fingerprint density at radius 1 is 1.35 bits per heavy atom. The van der Waals surface area contributed by atoms with Gasteiger partial charge in [0.2, 0.25) is 0 Å². The van der Waals surface area contributed by atoms with Gasteiger partial charge in [0.1, 0.15) is 5.60 Å². The van der Waals surface area contributed by atoms with E-state index in [0.717, 1.165) is 0 Å². The van der Waals surface area contributed by atoms with E-state index in [9.17, 15) is 23.4 Å². The van der Waals surface area contributed by atoms with Crippen LogP contribution in [0.1, 0.15) is 25.5 Å². The van der Waals surface area contributed by atoms with Crippen LogP contribution in [0.4, 0.5) is 13.2 Å². The molecule has 0 aliphatic rings. The molecule has 0 saturated heterocycles. The van der Waals surface area contributed by atoms with Crippen molar-refractivity contribution in [3.05, 3.63) is 30.1 Å². The normalized spacial score (nSPS) is 17.5. The molecule has 0 aromatic carbocycles. The summed E-state index contributed by atoms with van der Waals surface area (Å²) in [6.07, 6.45) is -6.16. The second-order valence-corrected chi connectivity index (χ2v) is 4.03. The van der Waals surface area contributed by atoms with Gasteiger partial charge in [-0.15, -0.1) is 0 Å². The van der Waals surface area contributed by atoms with E-state index in [2.05, 4.69) is 4.98 Å². The van der Waals surface area contributed by atoms with Crippen molar-refractivity contribution in [2.75, 3.05) is 0 Å². The summed E-state index contributed by atoms with van der Waals surface area (Å²) in [7, 11) is 0. The number of aliphatic hydroxyl groups is 2. The molecule has 17 heavy (non-hydrogen) atoms. The molecule has 0 radical (unpaired) electrons. The van der Waals surface area contributed by atoms with Crippen LogP contribution in [0.5, 0.6) is 0 Å². The molecule has 0 amide bonds. The van der Waals surface area contributed by atoms with Gasteiger partial charge < -0.3 is 10.2 Å². The first kappa shape index (κ1) is 13.9. The summed E-state index contributed by atoms with van der Waals surface area (Å²) in [6, 6.07) is 4.66. The Bertz CT molecular complexity index is 351. The Kier molecular flexibility index (Phi) is 4.11. The van der Waals surface area contributed by atoms with Gasteiger partial charge in [0.15, 0.2) is 0 Å². The van der Waals surface area contributed by atoms with E-state index in [-0.39, 0.29) is 5.69 Å². The van der Waals surface area contributed by atoms with Gasteiger partial charge in [-0.2, -0.15) is 13.2 Å². The number of hydrogen-bond donors (Lipinski definition) is 2. The maximum atomic E-state index is 12.0. The zero-order chi connectivity index (χ0) is 13.1. The van der Waals surface area contributed by atoms with E-state index in [1.165, 1.54) is 19.2 Å². The Balaban J connectivity index is 2.71. The Labute approximate surface area is 96.9 Å². The van der Waals surface area contributed by atoms with Crippen molar-refractivity contribution in [3.8, 4) is 0 Å². The monoisotopic (exact) mass is 249 g/mol. The van der Waals surface area contributed by atoms with Crippen LogP contribution in [-0.2, 0) is 5.60 Å². The van der Waals surface area contributed by atoms with Crippen molar-refractivity contribution in [1.82, 2.24) is 4.98 Å². The molecule has 0 spiro atoms. The lowest BCUT2D eigenvalue weighted by Gasteiger charge is -2.28. The summed E-state index contributed by atoms with van der Waals surface area (Å²) < 4.78 is 36.0. The van der Waals surface area contributed by atoms with E-state index in [0.29, 0.717) is 0 Å². The molecular formula is C11H14F3NO2. The second kappa shape index (κ2) is 5.01. The lowest BCUT2D eigenvalue weighted by atomic mass is 9.91. The van der Waals surface area contributed by atoms with Crippen LogP contribution in [0.3, 0.4) is 0 Å². The predicted molar refractivity (Wildman–Crippen MR) is 55.1 cm³/mol. The van der Waals surface area contributed by atoms with Crippen molar-refractivity contribution in [2.24, 2.45) is 0 Å². The van der Waals surface area contributed by atoms with E-state index in [1.807, 2.05) is 0 Å². The molecule has 2 N–H and O–H groups in total. The van der Waals surface area contributed by atoms with E-state index in [4.69, 9.17) is 0 Å². The van der Waals surface area contributed by atoms with Gasteiger partial charge in [0.25, 0.3) is 0 Å². The van der Waals surface area contributed by atoms with Crippen LogP contribution in [0, 0.1) is 0 Å². The standard InChI is InChI=1S/C11H14F3NO2/c1-10(17,8-4-2-3-7-15-8)9(16)5-6-11(12,13)14/h2-4,7,9,16-17H,5-6H2,1H3/t9-,10+/m1/s1. The Morgan fingerprint density at radius 3 is 2.47 bits per heavy atom. The lowest BCUT2D eigenvalue weighted by Crippen LogP contribution is -2.38. The minimum absolute atomic E-state index is 0.148. The molecule has 0 aliphatic heterocycles. The number of nitrogens with zero attached hydrogens (tertiary/aromatic N) is 1. The van der Waals surface area contributed by atoms with Gasteiger partial charge in [-0.25, -0.2) is 0 Å². The molecule has 3 nitrogen and oxygen atoms in total. The van der Waals surface area contributed by atoms with Gasteiger partial charge in [-0.1, -0.05) is 6.07 Å². The van der Waals surface area contributed by atoms with Crippen LogP contribution in [-0.4, -0.2) is 27.5 Å². The lowest BCUT2D eigenvalue weighted by molar-refractivity contribution is -0.150. The smallest absolute Gasteiger partial charge is 0.389 e. The highest BCUT2D eigenvalue weighted by atomic mass is 19.4. The van der Waals surface area contributed by atoms with Crippen LogP contribution >= 0.6 is 0 Å². The number of aromatic nitrogens is 1. The topological polar surface area (TPSA) is 53.4 Å². The highest BCUT2D eigenvalue weighted by Crippen LogP contribution is 2.29. The third-order valence-corrected chi connectivity index (χ3v) is 2.53. The molecule has 1 heterocycles. The maximum absolute atomic E-state index is 12.0. The highest BCUT2D eigenvalue weighted by molar-refractivity contribution is 5.13. The van der Waals surface area contributed by atoms with Crippen molar-refractivity contribution >= 4 is 0 Å². The SMILES string of the molecule is C[C@](O)(c1ccccn1)[C@H](O)CCC(F)(F)F. The first-order valence-electron chi connectivity index (χ1n) is 5.12. The van der Waals surface area contributed by atoms with Gasteiger partial charge >= 0.3 is 6.18 Å². The first-order valence-corrected chi connectivity index (χ1v) is 5.12. The molecule has 1 rings (SSSR count). The Hall–Kier alpha value is -1.14.